The van der Waals surface area contributed by atoms with Gasteiger partial charge in [0.25, 0.3) is 0 Å². The quantitative estimate of drug-likeness (QED) is 0.629. The second kappa shape index (κ2) is 3.53. The summed E-state index contributed by atoms with van der Waals surface area (Å²) in [6.07, 6.45) is -4.40. The predicted octanol–water partition coefficient (Wildman–Crippen LogP) is 0.700. The lowest BCUT2D eigenvalue weighted by Crippen LogP contribution is -2.42. The molecule has 1 heterocycles. The van der Waals surface area contributed by atoms with Gasteiger partial charge in [-0.3, -0.25) is 4.79 Å². The minimum Gasteiger partial charge on any atom is -0.468 e. The molecule has 0 spiro atoms. The van der Waals surface area contributed by atoms with Crippen molar-refractivity contribution in [3.63, 3.8) is 0 Å². The molecule has 2 atom stereocenters. The normalized spacial score (nSPS) is 28.9. The first-order valence-corrected chi connectivity index (χ1v) is 3.84. The number of rotatable bonds is 1. The number of alkyl halides is 3. The van der Waals surface area contributed by atoms with Crippen molar-refractivity contribution in [3.05, 3.63) is 0 Å². The van der Waals surface area contributed by atoms with E-state index in [2.05, 4.69) is 10.1 Å². The standard InChI is InChI=1S/C7H10F3NO2/c1-13-6(12)5-4(2-3-11-5)7(8,9)10/h4-5,11H,2-3H2,1H3. The van der Waals surface area contributed by atoms with Gasteiger partial charge in [-0.05, 0) is 13.0 Å². The molecule has 0 amide bonds. The molecule has 0 aromatic heterocycles. The molecule has 1 rings (SSSR count). The molecule has 3 nitrogen and oxygen atoms in total. The average molecular weight is 197 g/mol. The molecule has 0 radical (unpaired) electrons. The van der Waals surface area contributed by atoms with Crippen LogP contribution in [0, 0.1) is 5.92 Å². The number of hydrogen-bond acceptors (Lipinski definition) is 3. The maximum Gasteiger partial charge on any atom is 0.393 e. The van der Waals surface area contributed by atoms with Crippen LogP contribution in [0.15, 0.2) is 0 Å². The number of carbonyl (C=O) groups is 1. The van der Waals surface area contributed by atoms with Crippen molar-refractivity contribution in [3.8, 4) is 0 Å². The molecule has 1 aliphatic rings. The first kappa shape index (κ1) is 10.3. The Morgan fingerprint density at radius 3 is 2.62 bits per heavy atom. The third-order valence-electron chi connectivity index (χ3n) is 2.10. The van der Waals surface area contributed by atoms with Gasteiger partial charge in [-0.1, -0.05) is 0 Å². The molecule has 1 saturated heterocycles. The fraction of sp³-hybridized carbons (Fsp3) is 0.857. The summed E-state index contributed by atoms with van der Waals surface area (Å²) in [5.41, 5.74) is 0. The second-order valence-corrected chi connectivity index (χ2v) is 2.89. The van der Waals surface area contributed by atoms with E-state index in [1.54, 1.807) is 0 Å². The first-order chi connectivity index (χ1) is 5.96. The molecule has 76 valence electrons. The van der Waals surface area contributed by atoms with E-state index in [0.29, 0.717) is 0 Å². The van der Waals surface area contributed by atoms with E-state index in [9.17, 15) is 18.0 Å². The lowest BCUT2D eigenvalue weighted by molar-refractivity contribution is -0.184. The number of methoxy groups -OCH3 is 1. The Morgan fingerprint density at radius 1 is 1.54 bits per heavy atom. The van der Waals surface area contributed by atoms with Crippen LogP contribution in [0.1, 0.15) is 6.42 Å². The van der Waals surface area contributed by atoms with E-state index in [1.807, 2.05) is 0 Å². The third kappa shape index (κ3) is 2.12. The lowest BCUT2D eigenvalue weighted by atomic mass is 10.0. The summed E-state index contributed by atoms with van der Waals surface area (Å²) in [6, 6.07) is -1.23. The molecule has 13 heavy (non-hydrogen) atoms. The Balaban J connectivity index is 2.70. The highest BCUT2D eigenvalue weighted by Gasteiger charge is 2.50. The Morgan fingerprint density at radius 2 is 2.15 bits per heavy atom. The van der Waals surface area contributed by atoms with Crippen molar-refractivity contribution >= 4 is 5.97 Å². The minimum atomic E-state index is -4.33. The van der Waals surface area contributed by atoms with Crippen LogP contribution in [-0.2, 0) is 9.53 Å². The van der Waals surface area contributed by atoms with Crippen LogP contribution in [0.3, 0.4) is 0 Å². The highest BCUT2D eigenvalue weighted by atomic mass is 19.4. The van der Waals surface area contributed by atoms with E-state index < -0.39 is 24.1 Å². The summed E-state index contributed by atoms with van der Waals surface area (Å²) >= 11 is 0. The number of carbonyl (C=O) groups excluding carboxylic acids is 1. The number of ether oxygens (including phenoxy) is 1. The maximum atomic E-state index is 12.3. The summed E-state index contributed by atoms with van der Waals surface area (Å²) < 4.78 is 41.0. The van der Waals surface area contributed by atoms with E-state index in [4.69, 9.17) is 0 Å². The number of hydrogen-bond donors (Lipinski definition) is 1. The van der Waals surface area contributed by atoms with E-state index in [-0.39, 0.29) is 13.0 Å². The molecule has 1 fully saturated rings. The van der Waals surface area contributed by atoms with E-state index in [1.165, 1.54) is 0 Å². The van der Waals surface area contributed by atoms with Crippen LogP contribution >= 0.6 is 0 Å². The van der Waals surface area contributed by atoms with E-state index in [0.717, 1.165) is 7.11 Å². The third-order valence-corrected chi connectivity index (χ3v) is 2.10. The average Bonchev–Trinajstić information content (AvgIpc) is 2.49. The second-order valence-electron chi connectivity index (χ2n) is 2.89. The summed E-state index contributed by atoms with van der Waals surface area (Å²) in [4.78, 5) is 10.9. The molecule has 0 aromatic carbocycles. The summed E-state index contributed by atoms with van der Waals surface area (Å²) in [5, 5.41) is 2.47. The molecule has 1 N–H and O–H groups in total. The fourth-order valence-corrected chi connectivity index (χ4v) is 1.43. The predicted molar refractivity (Wildman–Crippen MR) is 38.0 cm³/mol. The summed E-state index contributed by atoms with van der Waals surface area (Å²) in [7, 11) is 1.08. The van der Waals surface area contributed by atoms with Crippen LogP contribution in [0.4, 0.5) is 13.2 Å². The van der Waals surface area contributed by atoms with Gasteiger partial charge in [-0.2, -0.15) is 13.2 Å². The van der Waals surface area contributed by atoms with Gasteiger partial charge in [-0.25, -0.2) is 0 Å². The van der Waals surface area contributed by atoms with Crippen LogP contribution in [0.2, 0.25) is 0 Å². The molecule has 0 aromatic rings. The largest absolute Gasteiger partial charge is 0.468 e. The van der Waals surface area contributed by atoms with Crippen LogP contribution in [0.5, 0.6) is 0 Å². The van der Waals surface area contributed by atoms with Gasteiger partial charge in [0.2, 0.25) is 0 Å². The molecule has 6 heteroatoms. The zero-order chi connectivity index (χ0) is 10.1. The Bertz CT molecular complexity index is 204. The van der Waals surface area contributed by atoms with Crippen molar-refractivity contribution < 1.29 is 22.7 Å². The number of esters is 1. The topological polar surface area (TPSA) is 38.3 Å². The van der Waals surface area contributed by atoms with E-state index >= 15 is 0 Å². The molecular weight excluding hydrogens is 187 g/mol. The molecule has 2 unspecified atom stereocenters. The van der Waals surface area contributed by atoms with Crippen LogP contribution in [0.25, 0.3) is 0 Å². The van der Waals surface area contributed by atoms with Gasteiger partial charge in [0.15, 0.2) is 0 Å². The van der Waals surface area contributed by atoms with Gasteiger partial charge in [-0.15, -0.1) is 0 Å². The Labute approximate surface area is 73.2 Å². The zero-order valence-electron chi connectivity index (χ0n) is 7.02. The van der Waals surface area contributed by atoms with Crippen molar-refractivity contribution in [2.75, 3.05) is 13.7 Å². The SMILES string of the molecule is COC(=O)C1NCCC1C(F)(F)F. The molecule has 1 aliphatic heterocycles. The van der Waals surface area contributed by atoms with Gasteiger partial charge in [0.05, 0.1) is 13.0 Å². The van der Waals surface area contributed by atoms with Gasteiger partial charge in [0, 0.05) is 0 Å². The van der Waals surface area contributed by atoms with Crippen molar-refractivity contribution in [2.24, 2.45) is 5.92 Å². The van der Waals surface area contributed by atoms with Crippen molar-refractivity contribution in [1.82, 2.24) is 5.32 Å². The monoisotopic (exact) mass is 197 g/mol. The molecule has 0 saturated carbocycles. The number of halogens is 3. The maximum absolute atomic E-state index is 12.3. The highest BCUT2D eigenvalue weighted by molar-refractivity contribution is 5.76. The number of nitrogens with one attached hydrogen (secondary N) is 1. The highest BCUT2D eigenvalue weighted by Crippen LogP contribution is 2.34. The molecule has 0 bridgehead atoms. The summed E-state index contributed by atoms with van der Waals surface area (Å²) in [5.74, 6) is -2.46. The van der Waals surface area contributed by atoms with Crippen molar-refractivity contribution in [1.29, 1.82) is 0 Å². The van der Waals surface area contributed by atoms with Crippen molar-refractivity contribution in [2.45, 2.75) is 18.6 Å². The smallest absolute Gasteiger partial charge is 0.393 e. The van der Waals surface area contributed by atoms with Gasteiger partial charge in [0.1, 0.15) is 6.04 Å². The van der Waals surface area contributed by atoms with Crippen LogP contribution < -0.4 is 5.32 Å². The molecule has 0 aliphatic carbocycles. The van der Waals surface area contributed by atoms with Crippen LogP contribution in [-0.4, -0.2) is 31.8 Å². The summed E-state index contributed by atoms with van der Waals surface area (Å²) in [6.45, 7) is 0.198. The molecular formula is C7H10F3NO2. The fourth-order valence-electron chi connectivity index (χ4n) is 1.43. The zero-order valence-corrected chi connectivity index (χ0v) is 7.02. The van der Waals surface area contributed by atoms with Gasteiger partial charge >= 0.3 is 12.1 Å². The Hall–Kier alpha value is -0.780. The van der Waals surface area contributed by atoms with Gasteiger partial charge < -0.3 is 10.1 Å². The lowest BCUT2D eigenvalue weighted by Gasteiger charge is -2.19. The first-order valence-electron chi connectivity index (χ1n) is 3.84. The Kier molecular flexibility index (Phi) is 2.80. The minimum absolute atomic E-state index is 0.0662.